The van der Waals surface area contributed by atoms with Gasteiger partial charge in [0.05, 0.1) is 40.6 Å². The normalized spacial score (nSPS) is 29.4. The van der Waals surface area contributed by atoms with Gasteiger partial charge in [-0.2, -0.15) is 0 Å². The van der Waals surface area contributed by atoms with Crippen LogP contribution in [0.3, 0.4) is 0 Å². The molecule has 352 valence electrons. The number of esters is 3. The first kappa shape index (κ1) is 51.9. The van der Waals surface area contributed by atoms with Crippen LogP contribution < -0.4 is 4.89 Å². The van der Waals surface area contributed by atoms with Gasteiger partial charge in [0.15, 0.2) is 6.10 Å². The molecule has 12 heteroatoms. The van der Waals surface area contributed by atoms with Crippen LogP contribution in [0.2, 0.25) is 0 Å². The third kappa shape index (κ3) is 16.0. The number of quaternary nitrogens is 1. The Morgan fingerprint density at radius 3 is 2.23 bits per heavy atom. The van der Waals surface area contributed by atoms with Crippen LogP contribution in [0.15, 0.2) is 11.6 Å². The van der Waals surface area contributed by atoms with Crippen LogP contribution >= 0.6 is 7.82 Å². The average Bonchev–Trinajstić information content (AvgIpc) is 3.54. The number of phosphoric ester groups is 1. The fourth-order valence-electron chi connectivity index (χ4n) is 11.7. The third-order valence-corrected chi connectivity index (χ3v) is 16.2. The lowest BCUT2D eigenvalue weighted by Crippen LogP contribution is -2.51. The number of rotatable bonds is 27. The van der Waals surface area contributed by atoms with E-state index in [2.05, 4.69) is 47.6 Å². The number of unbranched alkanes of at least 4 members (excludes halogenated alkanes) is 6. The molecule has 0 radical (unpaired) electrons. The van der Waals surface area contributed by atoms with Crippen LogP contribution in [0.1, 0.15) is 176 Å². The lowest BCUT2D eigenvalue weighted by molar-refractivity contribution is -0.870. The minimum Gasteiger partial charge on any atom is -0.756 e. The van der Waals surface area contributed by atoms with Gasteiger partial charge in [-0.15, -0.1) is 0 Å². The average molecular weight is 880 g/mol. The van der Waals surface area contributed by atoms with Gasteiger partial charge in [0.1, 0.15) is 25.9 Å². The molecule has 0 heterocycles. The summed E-state index contributed by atoms with van der Waals surface area (Å²) in [5, 5.41) is 0. The van der Waals surface area contributed by atoms with E-state index in [9.17, 15) is 23.8 Å². The predicted molar refractivity (Wildman–Crippen MR) is 238 cm³/mol. The van der Waals surface area contributed by atoms with Gasteiger partial charge in [-0.3, -0.25) is 18.9 Å². The zero-order valence-corrected chi connectivity index (χ0v) is 40.7. The number of ether oxygens (including phenoxy) is 3. The highest BCUT2D eigenvalue weighted by Gasteiger charge is 2.59. The first-order valence-corrected chi connectivity index (χ1v) is 25.9. The maximum absolute atomic E-state index is 13.1. The number of carbonyl (C=O) groups excluding carboxylic acids is 3. The SMILES string of the molecule is CCCCCCCCCC(=O)OC(COC(=O)CCC(=O)OC1CC[C@]2(C)C(=CC[C@@H]3[C@H]4CC[C@@H]([C@@H](C)CCCC(C)C)[C@]4(C)CC[C@H]32)C1)COP(=O)([O-])OCC[N+](C)(C)C. The fraction of sp³-hybridized carbons (Fsp3) is 0.898. The molecule has 61 heavy (non-hydrogen) atoms. The topological polar surface area (TPSA) is 137 Å². The molecule has 0 spiro atoms. The summed E-state index contributed by atoms with van der Waals surface area (Å²) in [7, 11) is 1.02. The molecule has 0 amide bonds. The van der Waals surface area contributed by atoms with Crippen molar-refractivity contribution in [3.63, 3.8) is 0 Å². The molecule has 0 N–H and O–H groups in total. The molecule has 0 saturated heterocycles. The molecular weight excluding hydrogens is 794 g/mol. The number of hydrogen-bond acceptors (Lipinski definition) is 10. The van der Waals surface area contributed by atoms with Gasteiger partial charge < -0.3 is 32.6 Å². The minimum atomic E-state index is -4.70. The molecule has 3 unspecified atom stereocenters. The van der Waals surface area contributed by atoms with Gasteiger partial charge in [-0.05, 0) is 97.7 Å². The van der Waals surface area contributed by atoms with E-state index in [0.717, 1.165) is 74.5 Å². The van der Waals surface area contributed by atoms with Crippen LogP contribution in [0, 0.1) is 46.3 Å². The molecule has 10 atom stereocenters. The van der Waals surface area contributed by atoms with Crippen LogP contribution in [0.4, 0.5) is 0 Å². The second-order valence-corrected chi connectivity index (χ2v) is 22.8. The summed E-state index contributed by atoms with van der Waals surface area (Å²) in [4.78, 5) is 51.0. The highest BCUT2D eigenvalue weighted by atomic mass is 31.2. The van der Waals surface area contributed by atoms with Gasteiger partial charge in [-0.25, -0.2) is 0 Å². The summed E-state index contributed by atoms with van der Waals surface area (Å²) < 4.78 is 39.9. The van der Waals surface area contributed by atoms with Crippen LogP contribution in [0.25, 0.3) is 0 Å². The number of fused-ring (bicyclic) bond motifs is 5. The van der Waals surface area contributed by atoms with E-state index >= 15 is 0 Å². The third-order valence-electron chi connectivity index (χ3n) is 15.2. The summed E-state index contributed by atoms with van der Waals surface area (Å²) in [6.07, 6.45) is 21.3. The molecule has 0 aromatic rings. The Kier molecular flexibility index (Phi) is 20.4. The van der Waals surface area contributed by atoms with E-state index in [1.54, 1.807) is 0 Å². The van der Waals surface area contributed by atoms with Gasteiger partial charge >= 0.3 is 17.9 Å². The molecule has 4 aliphatic rings. The van der Waals surface area contributed by atoms with Crippen molar-refractivity contribution in [3.8, 4) is 0 Å². The molecule has 3 fully saturated rings. The van der Waals surface area contributed by atoms with E-state index in [1.165, 1.54) is 69.8 Å². The zero-order valence-electron chi connectivity index (χ0n) is 39.9. The van der Waals surface area contributed by atoms with Crippen molar-refractivity contribution in [2.45, 2.75) is 189 Å². The summed E-state index contributed by atoms with van der Waals surface area (Å²) in [5.74, 6) is 2.99. The van der Waals surface area contributed by atoms with Crippen molar-refractivity contribution in [2.75, 3.05) is 47.5 Å². The van der Waals surface area contributed by atoms with Gasteiger partial charge in [0.25, 0.3) is 7.82 Å². The Morgan fingerprint density at radius 1 is 0.820 bits per heavy atom. The number of allylic oxidation sites excluding steroid dienone is 1. The van der Waals surface area contributed by atoms with E-state index < -0.39 is 45.0 Å². The molecule has 0 aliphatic heterocycles. The molecule has 4 rings (SSSR count). The lowest BCUT2D eigenvalue weighted by Gasteiger charge is -2.58. The summed E-state index contributed by atoms with van der Waals surface area (Å²) in [6.45, 7) is 13.9. The number of hydrogen-bond donors (Lipinski definition) is 0. The van der Waals surface area contributed by atoms with Crippen molar-refractivity contribution in [3.05, 3.63) is 11.6 Å². The van der Waals surface area contributed by atoms with Crippen molar-refractivity contribution in [2.24, 2.45) is 46.3 Å². The van der Waals surface area contributed by atoms with Gasteiger partial charge in [0, 0.05) is 12.8 Å². The number of nitrogens with zero attached hydrogens (tertiary/aromatic N) is 1. The van der Waals surface area contributed by atoms with Crippen molar-refractivity contribution < 1.29 is 51.6 Å². The Bertz CT molecular complexity index is 1480. The minimum absolute atomic E-state index is 0.0739. The molecule has 0 bridgehead atoms. The molecular formula is C49H86NO10P. The van der Waals surface area contributed by atoms with E-state index in [0.29, 0.717) is 28.8 Å². The molecule has 11 nitrogen and oxygen atoms in total. The van der Waals surface area contributed by atoms with Gasteiger partial charge in [0.2, 0.25) is 0 Å². The van der Waals surface area contributed by atoms with Crippen LogP contribution in [0.5, 0.6) is 0 Å². The Labute approximate surface area is 370 Å². The molecule has 4 aliphatic carbocycles. The highest BCUT2D eigenvalue weighted by molar-refractivity contribution is 7.45. The lowest BCUT2D eigenvalue weighted by atomic mass is 9.47. The largest absolute Gasteiger partial charge is 0.756 e. The summed E-state index contributed by atoms with van der Waals surface area (Å²) in [5.41, 5.74) is 2.04. The van der Waals surface area contributed by atoms with Crippen molar-refractivity contribution in [1.29, 1.82) is 0 Å². The van der Waals surface area contributed by atoms with Crippen LogP contribution in [-0.2, 0) is 42.2 Å². The van der Waals surface area contributed by atoms with E-state index in [1.807, 2.05) is 21.1 Å². The molecule has 3 saturated carbocycles. The molecule has 0 aromatic heterocycles. The predicted octanol–water partition coefficient (Wildman–Crippen LogP) is 10.5. The van der Waals surface area contributed by atoms with Gasteiger partial charge in [-0.1, -0.05) is 111 Å². The quantitative estimate of drug-likeness (QED) is 0.0196. The standard InChI is InChI=1S/C49H86NO10P/c1-10-11-12-13-14-15-16-20-46(52)60-40(35-58-61(54,55)57-32-31-50(7,8)9)34-56-45(51)25-26-47(53)59-39-27-29-48(5)38(33-39)21-22-41-43-24-23-42(37(4)19-17-18-36(2)3)49(43,6)30-28-44(41)48/h21,36-37,39-44H,10-20,22-35H2,1-9H3/t37-,39?,40?,41+,42-,43+,44+,48+,49-/m0/s1. The first-order chi connectivity index (χ1) is 28.8. The van der Waals surface area contributed by atoms with E-state index in [-0.39, 0.29) is 37.4 Å². The van der Waals surface area contributed by atoms with E-state index in [4.69, 9.17) is 23.3 Å². The molecule has 0 aromatic carbocycles. The monoisotopic (exact) mass is 880 g/mol. The maximum Gasteiger partial charge on any atom is 0.306 e. The first-order valence-electron chi connectivity index (χ1n) is 24.4. The van der Waals surface area contributed by atoms with Crippen molar-refractivity contribution >= 4 is 25.7 Å². The Morgan fingerprint density at radius 2 is 1.52 bits per heavy atom. The summed E-state index contributed by atoms with van der Waals surface area (Å²) >= 11 is 0. The second kappa shape index (κ2) is 23.9. The second-order valence-electron chi connectivity index (χ2n) is 21.4. The number of likely N-dealkylation sites (N-methyl/N-ethyl adjacent to an activating group) is 1. The fourth-order valence-corrected chi connectivity index (χ4v) is 12.4. The number of carbonyl (C=O) groups is 3. The Balaban J connectivity index is 1.23. The van der Waals surface area contributed by atoms with Crippen LogP contribution in [-0.4, -0.2) is 82.1 Å². The van der Waals surface area contributed by atoms with Crippen molar-refractivity contribution in [1.82, 2.24) is 0 Å². The smallest absolute Gasteiger partial charge is 0.306 e. The summed E-state index contributed by atoms with van der Waals surface area (Å²) in [6, 6.07) is 0. The Hall–Kier alpha value is -1.78. The highest BCUT2D eigenvalue weighted by Crippen LogP contribution is 2.67. The number of phosphoric acid groups is 1. The maximum atomic E-state index is 13.1. The zero-order chi connectivity index (χ0) is 44.8.